The van der Waals surface area contributed by atoms with Crippen LogP contribution < -0.4 is 21.3 Å². The minimum Gasteiger partial charge on any atom is -0.459 e. The highest BCUT2D eigenvalue weighted by atomic mass is 16.5. The van der Waals surface area contributed by atoms with Gasteiger partial charge in [-0.15, -0.1) is 0 Å². The Bertz CT molecular complexity index is 1780. The summed E-state index contributed by atoms with van der Waals surface area (Å²) < 4.78 is 11.0. The molecule has 4 N–H and O–H groups in total. The monoisotopic (exact) mass is 843 g/mol. The van der Waals surface area contributed by atoms with E-state index in [-0.39, 0.29) is 62.2 Å². The number of ether oxygens (including phenoxy) is 2. The fraction of sp³-hybridized carbons (Fsp3) is 0.596. The van der Waals surface area contributed by atoms with Crippen LogP contribution in [0, 0.1) is 17.8 Å². The molecule has 14 nitrogen and oxygen atoms in total. The zero-order valence-corrected chi connectivity index (χ0v) is 36.0. The summed E-state index contributed by atoms with van der Waals surface area (Å²) in [5, 5.41) is 10.8. The second kappa shape index (κ2) is 23.7. The van der Waals surface area contributed by atoms with Crippen molar-refractivity contribution in [2.24, 2.45) is 17.8 Å². The summed E-state index contributed by atoms with van der Waals surface area (Å²) in [6.07, 6.45) is 8.90. The zero-order valence-electron chi connectivity index (χ0n) is 36.0. The number of benzene rings is 2. The molecule has 0 spiro atoms. The van der Waals surface area contributed by atoms with E-state index in [1.165, 1.54) is 4.90 Å². The number of Topliss-reactive ketones (excluding diaryl/α,β-unsaturated/α-hetero) is 1. The first kappa shape index (κ1) is 46.8. The number of alkyl carbamates (subject to hydrolysis) is 1. The largest absolute Gasteiger partial charge is 0.459 e. The summed E-state index contributed by atoms with van der Waals surface area (Å²) in [5.74, 6) is -4.52. The van der Waals surface area contributed by atoms with Crippen molar-refractivity contribution in [3.05, 3.63) is 71.8 Å². The number of nitrogens with zero attached hydrogens (tertiary/aromatic N) is 1. The number of nitrogens with one attached hydrogen (secondary N) is 4. The lowest BCUT2D eigenvalue weighted by molar-refractivity contribution is -0.151. The Morgan fingerprint density at radius 1 is 0.738 bits per heavy atom. The number of esters is 1. The Morgan fingerprint density at radius 2 is 1.34 bits per heavy atom. The summed E-state index contributed by atoms with van der Waals surface area (Å²) in [6, 6.07) is 14.8. The van der Waals surface area contributed by atoms with E-state index in [1.807, 2.05) is 81.4 Å². The van der Waals surface area contributed by atoms with Gasteiger partial charge < -0.3 is 35.6 Å². The van der Waals surface area contributed by atoms with Crippen LogP contribution in [-0.2, 0) is 44.8 Å². The zero-order chi connectivity index (χ0) is 43.7. The van der Waals surface area contributed by atoms with Crippen LogP contribution in [-0.4, -0.2) is 90.2 Å². The molecule has 3 aliphatic rings. The predicted octanol–water partition coefficient (Wildman–Crippen LogP) is 5.48. The lowest BCUT2D eigenvalue weighted by Gasteiger charge is -2.34. The highest BCUT2D eigenvalue weighted by Gasteiger charge is 2.45. The van der Waals surface area contributed by atoms with Crippen LogP contribution in [0.25, 0.3) is 0 Å². The van der Waals surface area contributed by atoms with Crippen molar-refractivity contribution in [2.75, 3.05) is 19.7 Å². The third-order valence-corrected chi connectivity index (χ3v) is 12.1. The standard InChI is InChI=1S/C47H65N5O9/c1-4-17-37(42(54)44(56)48-27-39(53)50-41(35-24-15-8-16-25-35)46(58)60-30-32-18-9-5-10-19-32)49-43(55)38-26-36(33-20-11-6-12-21-33)28-52(38)45(57)40(34-22-13-7-14-23-34)51-47(59)61-29-31(2)3/h5-6,9-12,18-21,31,34-38,40-41H,4,7-8,13-17,22-30H2,1-3H3,(H,48,56)(H,49,55)(H,50,53)(H,51,59)/t36-,37?,38+,40+,41?/m1/s1. The summed E-state index contributed by atoms with van der Waals surface area (Å²) in [5.41, 5.74) is 1.76. The third kappa shape index (κ3) is 13.9. The first-order valence-corrected chi connectivity index (χ1v) is 22.4. The van der Waals surface area contributed by atoms with E-state index in [2.05, 4.69) is 21.3 Å². The Labute approximate surface area is 360 Å². The Morgan fingerprint density at radius 3 is 1.95 bits per heavy atom. The summed E-state index contributed by atoms with van der Waals surface area (Å²) in [7, 11) is 0. The van der Waals surface area contributed by atoms with Gasteiger partial charge in [0.2, 0.25) is 23.5 Å². The van der Waals surface area contributed by atoms with Crippen LogP contribution in [0.5, 0.6) is 0 Å². The summed E-state index contributed by atoms with van der Waals surface area (Å²) in [6.45, 7) is 5.56. The molecule has 14 heteroatoms. The van der Waals surface area contributed by atoms with E-state index in [4.69, 9.17) is 9.47 Å². The number of rotatable bonds is 19. The topological polar surface area (TPSA) is 189 Å². The highest BCUT2D eigenvalue weighted by Crippen LogP contribution is 2.35. The van der Waals surface area contributed by atoms with Gasteiger partial charge in [0, 0.05) is 12.5 Å². The number of hydrogen-bond acceptors (Lipinski definition) is 9. The van der Waals surface area contributed by atoms with E-state index < -0.39 is 66.3 Å². The van der Waals surface area contributed by atoms with Gasteiger partial charge in [-0.3, -0.25) is 24.0 Å². The molecule has 5 rings (SSSR count). The molecule has 3 fully saturated rings. The van der Waals surface area contributed by atoms with Crippen LogP contribution >= 0.6 is 0 Å². The number of carbonyl (C=O) groups is 7. The molecule has 2 aromatic rings. The van der Waals surface area contributed by atoms with Gasteiger partial charge in [-0.2, -0.15) is 0 Å². The Balaban J connectivity index is 1.25. The van der Waals surface area contributed by atoms with Gasteiger partial charge in [-0.1, -0.05) is 126 Å². The van der Waals surface area contributed by atoms with Gasteiger partial charge in [0.1, 0.15) is 24.7 Å². The molecule has 2 aliphatic carbocycles. The normalized spacial score (nSPS) is 19.8. The maximum Gasteiger partial charge on any atom is 0.407 e. The van der Waals surface area contributed by atoms with Gasteiger partial charge in [0.05, 0.1) is 19.2 Å². The van der Waals surface area contributed by atoms with Gasteiger partial charge in [-0.25, -0.2) is 9.59 Å². The molecule has 2 unspecified atom stereocenters. The molecule has 1 saturated heterocycles. The van der Waals surface area contributed by atoms with Gasteiger partial charge in [-0.05, 0) is 67.4 Å². The van der Waals surface area contributed by atoms with Crippen LogP contribution in [0.15, 0.2) is 60.7 Å². The number of amides is 5. The van der Waals surface area contributed by atoms with Crippen LogP contribution in [0.4, 0.5) is 4.79 Å². The van der Waals surface area contributed by atoms with Gasteiger partial charge in [0.25, 0.3) is 5.91 Å². The third-order valence-electron chi connectivity index (χ3n) is 12.1. The van der Waals surface area contributed by atoms with E-state index >= 15 is 0 Å². The van der Waals surface area contributed by atoms with Crippen molar-refractivity contribution >= 4 is 41.5 Å². The number of ketones is 1. The highest BCUT2D eigenvalue weighted by molar-refractivity contribution is 6.38. The maximum absolute atomic E-state index is 14.6. The Hall–Kier alpha value is -5.27. The molecule has 61 heavy (non-hydrogen) atoms. The smallest absolute Gasteiger partial charge is 0.407 e. The number of likely N-dealkylation sites (tertiary alicyclic amines) is 1. The minimum absolute atomic E-state index is 0.0549. The van der Waals surface area contributed by atoms with E-state index in [0.717, 1.165) is 75.3 Å². The fourth-order valence-electron chi connectivity index (χ4n) is 8.84. The van der Waals surface area contributed by atoms with Crippen molar-refractivity contribution in [1.82, 2.24) is 26.2 Å². The maximum atomic E-state index is 14.6. The molecule has 1 aliphatic heterocycles. The van der Waals surface area contributed by atoms with Crippen molar-refractivity contribution in [3.63, 3.8) is 0 Å². The molecular weight excluding hydrogens is 779 g/mol. The van der Waals surface area contributed by atoms with Gasteiger partial charge >= 0.3 is 12.1 Å². The molecule has 0 aromatic heterocycles. The van der Waals surface area contributed by atoms with Crippen molar-refractivity contribution in [1.29, 1.82) is 0 Å². The second-order valence-electron chi connectivity index (χ2n) is 17.3. The van der Waals surface area contributed by atoms with E-state index in [9.17, 15) is 33.6 Å². The average molecular weight is 844 g/mol. The first-order chi connectivity index (χ1) is 29.4. The molecule has 1 heterocycles. The van der Waals surface area contributed by atoms with Crippen molar-refractivity contribution < 1.29 is 43.0 Å². The van der Waals surface area contributed by atoms with Crippen LogP contribution in [0.3, 0.4) is 0 Å². The average Bonchev–Trinajstić information content (AvgIpc) is 3.74. The molecule has 2 saturated carbocycles. The first-order valence-electron chi connectivity index (χ1n) is 22.4. The molecule has 5 atom stereocenters. The lowest BCUT2D eigenvalue weighted by Crippen LogP contribution is -2.58. The minimum atomic E-state index is -1.23. The quantitative estimate of drug-likeness (QED) is 0.105. The summed E-state index contributed by atoms with van der Waals surface area (Å²) in [4.78, 5) is 96.9. The van der Waals surface area contributed by atoms with Crippen LogP contribution in [0.1, 0.15) is 121 Å². The number of hydrogen-bond donors (Lipinski definition) is 4. The summed E-state index contributed by atoms with van der Waals surface area (Å²) >= 11 is 0. The van der Waals surface area contributed by atoms with Crippen molar-refractivity contribution in [3.8, 4) is 0 Å². The van der Waals surface area contributed by atoms with Crippen molar-refractivity contribution in [2.45, 2.75) is 141 Å². The second-order valence-corrected chi connectivity index (χ2v) is 17.3. The van der Waals surface area contributed by atoms with Gasteiger partial charge in [0.15, 0.2) is 0 Å². The predicted molar refractivity (Wildman–Crippen MR) is 229 cm³/mol. The van der Waals surface area contributed by atoms with E-state index in [0.29, 0.717) is 6.42 Å². The van der Waals surface area contributed by atoms with E-state index in [1.54, 1.807) is 0 Å². The molecule has 0 bridgehead atoms. The SMILES string of the molecule is CCCC(NC(=O)[C@@H]1C[C@@H](c2ccccc2)CN1C(=O)[C@@H](NC(=O)OCC(C)C)C1CCCCC1)C(=O)C(=O)NCC(=O)NC(C(=O)OCc1ccccc1)C1CCCCC1. The fourth-order valence-corrected chi connectivity index (χ4v) is 8.84. The molecule has 332 valence electrons. The number of carbonyl (C=O) groups excluding carboxylic acids is 7. The molecule has 5 amide bonds. The molecular formula is C47H65N5O9. The molecule has 2 aromatic carbocycles. The molecule has 0 radical (unpaired) electrons. The lowest BCUT2D eigenvalue weighted by atomic mass is 9.83. The van der Waals surface area contributed by atoms with Crippen LogP contribution in [0.2, 0.25) is 0 Å². The Kier molecular flexibility index (Phi) is 18.1.